The lowest BCUT2D eigenvalue weighted by Gasteiger charge is -1.99. The van der Waals surface area contributed by atoms with Gasteiger partial charge in [-0.3, -0.25) is 4.79 Å². The molecule has 5 nitrogen and oxygen atoms in total. The van der Waals surface area contributed by atoms with Gasteiger partial charge in [-0.1, -0.05) is 5.92 Å². The van der Waals surface area contributed by atoms with Crippen LogP contribution in [-0.2, 0) is 0 Å². The van der Waals surface area contributed by atoms with Gasteiger partial charge in [-0.15, -0.1) is 6.42 Å². The summed E-state index contributed by atoms with van der Waals surface area (Å²) in [6, 6.07) is 5.68. The minimum atomic E-state index is -0.214. The first-order valence-corrected chi connectivity index (χ1v) is 6.12. The molecule has 0 radical (unpaired) electrons. The van der Waals surface area contributed by atoms with E-state index in [9.17, 15) is 4.79 Å². The van der Waals surface area contributed by atoms with Crippen LogP contribution in [0.5, 0.6) is 0 Å². The molecule has 0 bridgehead atoms. The Labute approximate surface area is 115 Å². The van der Waals surface area contributed by atoms with Crippen LogP contribution in [0.2, 0.25) is 0 Å². The zero-order valence-corrected chi connectivity index (χ0v) is 10.6. The van der Waals surface area contributed by atoms with Crippen LogP contribution in [0.15, 0.2) is 36.8 Å². The fraction of sp³-hybridized carbons (Fsp3) is 0.0667. The molecule has 0 aliphatic rings. The highest BCUT2D eigenvalue weighted by Gasteiger charge is 2.11. The Kier molecular flexibility index (Phi) is 2.98. The number of fused-ring (bicyclic) bond motifs is 1. The monoisotopic (exact) mass is 264 g/mol. The summed E-state index contributed by atoms with van der Waals surface area (Å²) in [7, 11) is 0. The molecule has 0 atom stereocenters. The van der Waals surface area contributed by atoms with Crippen molar-refractivity contribution < 1.29 is 4.79 Å². The molecule has 3 aromatic heterocycles. The summed E-state index contributed by atoms with van der Waals surface area (Å²) >= 11 is 0. The normalized spacial score (nSPS) is 10.3. The molecule has 20 heavy (non-hydrogen) atoms. The van der Waals surface area contributed by atoms with E-state index in [1.807, 2.05) is 18.3 Å². The molecular weight excluding hydrogens is 252 g/mol. The number of pyridine rings is 1. The summed E-state index contributed by atoms with van der Waals surface area (Å²) in [5.74, 6) is 2.16. The van der Waals surface area contributed by atoms with Crippen LogP contribution in [-0.4, -0.2) is 27.4 Å². The lowest BCUT2D eigenvalue weighted by molar-refractivity contribution is 0.0954. The molecule has 3 heterocycles. The lowest BCUT2D eigenvalue weighted by Crippen LogP contribution is -2.23. The first-order chi connectivity index (χ1) is 9.79. The third kappa shape index (κ3) is 2.04. The molecule has 0 aliphatic carbocycles. The third-order valence-electron chi connectivity index (χ3n) is 3.05. The van der Waals surface area contributed by atoms with Crippen LogP contribution in [0.1, 0.15) is 10.5 Å². The summed E-state index contributed by atoms with van der Waals surface area (Å²) in [6.07, 6.45) is 10.5. The second-order valence-corrected chi connectivity index (χ2v) is 4.29. The lowest BCUT2D eigenvalue weighted by atomic mass is 10.1. The van der Waals surface area contributed by atoms with Crippen molar-refractivity contribution >= 4 is 16.9 Å². The zero-order valence-electron chi connectivity index (χ0n) is 10.6. The van der Waals surface area contributed by atoms with Crippen LogP contribution in [0, 0.1) is 12.3 Å². The van der Waals surface area contributed by atoms with Crippen molar-refractivity contribution in [3.63, 3.8) is 0 Å². The van der Waals surface area contributed by atoms with Crippen LogP contribution in [0.4, 0.5) is 0 Å². The van der Waals surface area contributed by atoms with Gasteiger partial charge in [0.1, 0.15) is 11.3 Å². The van der Waals surface area contributed by atoms with Crippen molar-refractivity contribution in [1.29, 1.82) is 0 Å². The molecule has 0 spiro atoms. The molecule has 0 saturated carbocycles. The van der Waals surface area contributed by atoms with Gasteiger partial charge in [0.2, 0.25) is 0 Å². The maximum Gasteiger partial charge on any atom is 0.268 e. The Balaban J connectivity index is 1.96. The smallest absolute Gasteiger partial charge is 0.268 e. The number of nitrogens with one attached hydrogen (secondary N) is 3. The van der Waals surface area contributed by atoms with Crippen LogP contribution in [0.3, 0.4) is 0 Å². The summed E-state index contributed by atoms with van der Waals surface area (Å²) in [5, 5.41) is 3.64. The van der Waals surface area contributed by atoms with Crippen molar-refractivity contribution in [1.82, 2.24) is 20.3 Å². The van der Waals surface area contributed by atoms with E-state index in [1.165, 1.54) is 0 Å². The van der Waals surface area contributed by atoms with Gasteiger partial charge in [0.15, 0.2) is 0 Å². The van der Waals surface area contributed by atoms with E-state index in [-0.39, 0.29) is 12.5 Å². The highest BCUT2D eigenvalue weighted by molar-refractivity contribution is 5.97. The molecule has 1 amide bonds. The SMILES string of the molecule is C#CCNC(=O)c1cc(-c2ccnc3[nH]ccc23)c[nH]1. The van der Waals surface area contributed by atoms with E-state index in [0.29, 0.717) is 5.69 Å². The Morgan fingerprint density at radius 2 is 2.30 bits per heavy atom. The van der Waals surface area contributed by atoms with Gasteiger partial charge < -0.3 is 15.3 Å². The Hall–Kier alpha value is -3.00. The van der Waals surface area contributed by atoms with Gasteiger partial charge in [-0.25, -0.2) is 4.98 Å². The molecule has 5 heteroatoms. The Morgan fingerprint density at radius 1 is 1.40 bits per heavy atom. The van der Waals surface area contributed by atoms with E-state index in [4.69, 9.17) is 6.42 Å². The summed E-state index contributed by atoms with van der Waals surface area (Å²) in [4.78, 5) is 22.1. The molecular formula is C15H12N4O. The second-order valence-electron chi connectivity index (χ2n) is 4.29. The number of carbonyl (C=O) groups is 1. The van der Waals surface area contributed by atoms with Gasteiger partial charge in [0.05, 0.1) is 6.54 Å². The zero-order chi connectivity index (χ0) is 13.9. The van der Waals surface area contributed by atoms with E-state index in [2.05, 4.69) is 26.2 Å². The molecule has 0 aliphatic heterocycles. The number of terminal acetylenes is 1. The fourth-order valence-corrected chi connectivity index (χ4v) is 2.12. The molecule has 0 aromatic carbocycles. The first kappa shape index (κ1) is 12.1. The Bertz CT molecular complexity index is 807. The van der Waals surface area contributed by atoms with Crippen LogP contribution < -0.4 is 5.32 Å². The van der Waals surface area contributed by atoms with Crippen molar-refractivity contribution in [3.8, 4) is 23.5 Å². The fourth-order valence-electron chi connectivity index (χ4n) is 2.12. The largest absolute Gasteiger partial charge is 0.357 e. The van der Waals surface area contributed by atoms with Crippen LogP contribution in [0.25, 0.3) is 22.2 Å². The van der Waals surface area contributed by atoms with Crippen LogP contribution >= 0.6 is 0 Å². The average Bonchev–Trinajstić information content (AvgIpc) is 3.12. The van der Waals surface area contributed by atoms with Crippen molar-refractivity contribution in [2.24, 2.45) is 0 Å². The number of aromatic nitrogens is 3. The number of rotatable bonds is 3. The number of aromatic amines is 2. The van der Waals surface area contributed by atoms with Gasteiger partial charge >= 0.3 is 0 Å². The standard InChI is InChI=1S/C15H12N4O/c1-2-5-18-15(20)13-8-10(9-19-13)11-3-6-16-14-12(11)4-7-17-14/h1,3-4,6-9,19H,5H2,(H,16,17)(H,18,20). The Morgan fingerprint density at radius 3 is 3.15 bits per heavy atom. The van der Waals surface area contributed by atoms with Crippen molar-refractivity contribution in [3.05, 3.63) is 42.5 Å². The number of hydrogen-bond acceptors (Lipinski definition) is 2. The predicted molar refractivity (Wildman–Crippen MR) is 77.0 cm³/mol. The van der Waals surface area contributed by atoms with Crippen molar-refractivity contribution in [2.75, 3.05) is 6.54 Å². The van der Waals surface area contributed by atoms with Gasteiger partial charge in [0, 0.05) is 29.5 Å². The average molecular weight is 264 g/mol. The highest BCUT2D eigenvalue weighted by atomic mass is 16.1. The molecule has 0 saturated heterocycles. The number of nitrogens with zero attached hydrogens (tertiary/aromatic N) is 1. The molecule has 3 aromatic rings. The first-order valence-electron chi connectivity index (χ1n) is 6.12. The minimum absolute atomic E-state index is 0.213. The maximum absolute atomic E-state index is 11.8. The van der Waals surface area contributed by atoms with E-state index >= 15 is 0 Å². The van der Waals surface area contributed by atoms with Gasteiger partial charge in [0.25, 0.3) is 5.91 Å². The van der Waals surface area contributed by atoms with E-state index in [1.54, 1.807) is 18.5 Å². The van der Waals surface area contributed by atoms with Crippen molar-refractivity contribution in [2.45, 2.75) is 0 Å². The third-order valence-corrected chi connectivity index (χ3v) is 3.05. The number of H-pyrrole nitrogens is 2. The van der Waals surface area contributed by atoms with E-state index < -0.39 is 0 Å². The number of hydrogen-bond donors (Lipinski definition) is 3. The number of amides is 1. The quantitative estimate of drug-likeness (QED) is 0.632. The predicted octanol–water partition coefficient (Wildman–Crippen LogP) is 1.92. The summed E-state index contributed by atoms with van der Waals surface area (Å²) in [5.41, 5.74) is 3.25. The summed E-state index contributed by atoms with van der Waals surface area (Å²) < 4.78 is 0. The maximum atomic E-state index is 11.8. The second kappa shape index (κ2) is 4.94. The summed E-state index contributed by atoms with van der Waals surface area (Å²) in [6.45, 7) is 0.213. The molecule has 0 unspecified atom stereocenters. The van der Waals surface area contributed by atoms with E-state index in [0.717, 1.165) is 22.2 Å². The molecule has 0 fully saturated rings. The van der Waals surface area contributed by atoms with Gasteiger partial charge in [-0.2, -0.15) is 0 Å². The number of carbonyl (C=O) groups excluding carboxylic acids is 1. The molecule has 3 N–H and O–H groups in total. The van der Waals surface area contributed by atoms with Gasteiger partial charge in [-0.05, 0) is 23.8 Å². The topological polar surface area (TPSA) is 73.6 Å². The minimum Gasteiger partial charge on any atom is -0.357 e. The highest BCUT2D eigenvalue weighted by Crippen LogP contribution is 2.27. The molecule has 3 rings (SSSR count). The molecule has 98 valence electrons.